The summed E-state index contributed by atoms with van der Waals surface area (Å²) in [4.78, 5) is 2.38. The molecule has 1 nitrogen and oxygen atoms in total. The predicted octanol–water partition coefficient (Wildman–Crippen LogP) is 15.4. The maximum atomic E-state index is 2.55. The zero-order chi connectivity index (χ0) is 38.5. The molecule has 0 spiro atoms. The molecule has 0 amide bonds. The second-order valence-electron chi connectivity index (χ2n) is 17.0. The third kappa shape index (κ3) is 5.08. The minimum Gasteiger partial charge on any atom is -0.310 e. The molecule has 0 atom stereocenters. The number of anilines is 3. The number of hydrogen-bond acceptors (Lipinski definition) is 1. The van der Waals surface area contributed by atoms with Crippen molar-refractivity contribution in [2.24, 2.45) is 0 Å². The Hall–Kier alpha value is -6.70. The zero-order valence-electron chi connectivity index (χ0n) is 32.8. The first kappa shape index (κ1) is 33.6. The molecule has 2 aliphatic rings. The van der Waals surface area contributed by atoms with E-state index < -0.39 is 0 Å². The first-order valence-corrected chi connectivity index (χ1v) is 20.2. The standard InChI is InChI=1S/C56H43N/c1-55(2)49-21-11-18-40-17-10-20-46(53(40)49)47-34-52-48(35-51(47)55)54-45(19-12-22-50(54)56(52,3)4)39-26-30-43(31-27-39)57(44-32-25-37-15-8-9-16-41(37)33-44)42-28-23-38(24-29-42)36-13-6-5-7-14-36/h5-35H,1-4H3. The lowest BCUT2D eigenvalue weighted by Gasteiger charge is -2.36. The summed E-state index contributed by atoms with van der Waals surface area (Å²) in [5.41, 5.74) is 19.1. The summed E-state index contributed by atoms with van der Waals surface area (Å²) in [5, 5.41) is 5.18. The molecule has 57 heavy (non-hydrogen) atoms. The van der Waals surface area contributed by atoms with Crippen LogP contribution in [0.15, 0.2) is 188 Å². The molecule has 0 saturated carbocycles. The van der Waals surface area contributed by atoms with Crippen molar-refractivity contribution in [3.63, 3.8) is 0 Å². The van der Waals surface area contributed by atoms with Gasteiger partial charge in [-0.25, -0.2) is 0 Å². The maximum absolute atomic E-state index is 2.55. The fourth-order valence-corrected chi connectivity index (χ4v) is 10.0. The van der Waals surface area contributed by atoms with E-state index in [0.29, 0.717) is 0 Å². The fraction of sp³-hybridized carbons (Fsp3) is 0.107. The SMILES string of the molecule is CC1(C)c2cc3c(cc2-c2c(-c4ccc(N(c5ccc(-c6ccccc6)cc5)c5ccc6ccccc6c5)cc4)cccc21)C(C)(C)c1cccc2cccc-3c12. The van der Waals surface area contributed by atoms with Crippen LogP contribution in [0.4, 0.5) is 17.1 Å². The van der Waals surface area contributed by atoms with Gasteiger partial charge in [-0.3, -0.25) is 0 Å². The lowest BCUT2D eigenvalue weighted by Crippen LogP contribution is -2.24. The lowest BCUT2D eigenvalue weighted by atomic mass is 9.67. The Morgan fingerprint density at radius 1 is 0.316 bits per heavy atom. The number of fused-ring (bicyclic) bond motifs is 6. The van der Waals surface area contributed by atoms with Gasteiger partial charge in [0.05, 0.1) is 0 Å². The highest BCUT2D eigenvalue weighted by molar-refractivity contribution is 6.05. The van der Waals surface area contributed by atoms with Crippen LogP contribution in [0.5, 0.6) is 0 Å². The molecule has 1 heteroatoms. The summed E-state index contributed by atoms with van der Waals surface area (Å²) in [6, 6.07) is 69.8. The van der Waals surface area contributed by atoms with Crippen LogP contribution >= 0.6 is 0 Å². The molecule has 0 saturated heterocycles. The normalized spacial score (nSPS) is 14.2. The Bertz CT molecular complexity index is 3030. The van der Waals surface area contributed by atoms with Crippen LogP contribution in [0.3, 0.4) is 0 Å². The van der Waals surface area contributed by atoms with Gasteiger partial charge in [-0.05, 0) is 137 Å². The Kier molecular flexibility index (Phi) is 7.32. The van der Waals surface area contributed by atoms with Gasteiger partial charge in [-0.2, -0.15) is 0 Å². The highest BCUT2D eigenvalue weighted by atomic mass is 15.1. The Morgan fingerprint density at radius 2 is 0.842 bits per heavy atom. The van der Waals surface area contributed by atoms with E-state index in [1.54, 1.807) is 0 Å². The molecule has 0 aliphatic heterocycles. The third-order valence-electron chi connectivity index (χ3n) is 13.0. The van der Waals surface area contributed by atoms with Crippen molar-refractivity contribution < 1.29 is 0 Å². The monoisotopic (exact) mass is 729 g/mol. The van der Waals surface area contributed by atoms with Crippen LogP contribution in [0.25, 0.3) is 66.1 Å². The summed E-state index contributed by atoms with van der Waals surface area (Å²) in [6.45, 7) is 9.63. The van der Waals surface area contributed by atoms with E-state index in [0.717, 1.165) is 17.1 Å². The Morgan fingerprint density at radius 3 is 1.60 bits per heavy atom. The highest BCUT2D eigenvalue weighted by Gasteiger charge is 2.41. The molecule has 9 aromatic rings. The van der Waals surface area contributed by atoms with Gasteiger partial charge in [-0.1, -0.05) is 167 Å². The van der Waals surface area contributed by atoms with E-state index in [1.807, 2.05) is 0 Å². The topological polar surface area (TPSA) is 3.24 Å². The summed E-state index contributed by atoms with van der Waals surface area (Å²) in [6.07, 6.45) is 0. The average Bonchev–Trinajstić information content (AvgIpc) is 3.48. The first-order valence-electron chi connectivity index (χ1n) is 20.2. The van der Waals surface area contributed by atoms with Crippen LogP contribution in [0.2, 0.25) is 0 Å². The van der Waals surface area contributed by atoms with Gasteiger partial charge in [0.15, 0.2) is 0 Å². The van der Waals surface area contributed by atoms with Crippen molar-refractivity contribution in [3.05, 3.63) is 210 Å². The van der Waals surface area contributed by atoms with Gasteiger partial charge in [0.1, 0.15) is 0 Å². The van der Waals surface area contributed by atoms with Crippen LogP contribution in [-0.2, 0) is 10.8 Å². The van der Waals surface area contributed by atoms with Crippen molar-refractivity contribution in [3.8, 4) is 44.5 Å². The highest BCUT2D eigenvalue weighted by Crippen LogP contribution is 2.57. The van der Waals surface area contributed by atoms with E-state index in [2.05, 4.69) is 221 Å². The van der Waals surface area contributed by atoms with Crippen LogP contribution in [0.1, 0.15) is 49.9 Å². The van der Waals surface area contributed by atoms with E-state index in [9.17, 15) is 0 Å². The van der Waals surface area contributed by atoms with Gasteiger partial charge < -0.3 is 4.90 Å². The van der Waals surface area contributed by atoms with E-state index in [1.165, 1.54) is 88.3 Å². The first-order chi connectivity index (χ1) is 27.8. The smallest absolute Gasteiger partial charge is 0.0468 e. The number of rotatable bonds is 5. The molecule has 0 fully saturated rings. The van der Waals surface area contributed by atoms with Crippen molar-refractivity contribution in [1.29, 1.82) is 0 Å². The van der Waals surface area contributed by atoms with Crippen molar-refractivity contribution >= 4 is 38.6 Å². The lowest BCUT2D eigenvalue weighted by molar-refractivity contribution is 0.639. The van der Waals surface area contributed by atoms with E-state index in [4.69, 9.17) is 0 Å². The number of nitrogens with zero attached hydrogens (tertiary/aromatic N) is 1. The van der Waals surface area contributed by atoms with Crippen molar-refractivity contribution in [1.82, 2.24) is 0 Å². The van der Waals surface area contributed by atoms with Gasteiger partial charge >= 0.3 is 0 Å². The number of hydrogen-bond donors (Lipinski definition) is 0. The molecule has 0 unspecified atom stereocenters. The fourth-order valence-electron chi connectivity index (χ4n) is 10.0. The van der Waals surface area contributed by atoms with Crippen LogP contribution in [0, 0.1) is 0 Å². The largest absolute Gasteiger partial charge is 0.310 e. The molecule has 0 radical (unpaired) electrons. The molecule has 11 rings (SSSR count). The van der Waals surface area contributed by atoms with Crippen LogP contribution < -0.4 is 4.90 Å². The molecular formula is C56H43N. The predicted molar refractivity (Wildman–Crippen MR) is 242 cm³/mol. The molecular weight excluding hydrogens is 687 g/mol. The maximum Gasteiger partial charge on any atom is 0.0468 e. The minimum atomic E-state index is -0.135. The van der Waals surface area contributed by atoms with E-state index in [-0.39, 0.29) is 10.8 Å². The second kappa shape index (κ2) is 12.4. The molecule has 272 valence electrons. The Labute approximate surface area is 335 Å². The minimum absolute atomic E-state index is 0.132. The average molecular weight is 730 g/mol. The van der Waals surface area contributed by atoms with Gasteiger partial charge in [0.2, 0.25) is 0 Å². The zero-order valence-corrected chi connectivity index (χ0v) is 32.8. The van der Waals surface area contributed by atoms with E-state index >= 15 is 0 Å². The third-order valence-corrected chi connectivity index (χ3v) is 13.0. The molecule has 9 aromatic carbocycles. The number of benzene rings is 9. The molecule has 2 aliphatic carbocycles. The van der Waals surface area contributed by atoms with Gasteiger partial charge in [-0.15, -0.1) is 0 Å². The molecule has 0 heterocycles. The summed E-state index contributed by atoms with van der Waals surface area (Å²) in [5.74, 6) is 0. The quantitative estimate of drug-likeness (QED) is 0.170. The van der Waals surface area contributed by atoms with Gasteiger partial charge in [0, 0.05) is 27.9 Å². The Balaban J connectivity index is 1.03. The van der Waals surface area contributed by atoms with Crippen molar-refractivity contribution in [2.45, 2.75) is 38.5 Å². The van der Waals surface area contributed by atoms with Crippen molar-refractivity contribution in [2.75, 3.05) is 4.90 Å². The summed E-state index contributed by atoms with van der Waals surface area (Å²) < 4.78 is 0. The molecule has 0 bridgehead atoms. The summed E-state index contributed by atoms with van der Waals surface area (Å²) >= 11 is 0. The molecule has 0 aromatic heterocycles. The van der Waals surface area contributed by atoms with Gasteiger partial charge in [0.25, 0.3) is 0 Å². The summed E-state index contributed by atoms with van der Waals surface area (Å²) in [7, 11) is 0. The van der Waals surface area contributed by atoms with Crippen LogP contribution in [-0.4, -0.2) is 0 Å². The molecule has 0 N–H and O–H groups in total. The second-order valence-corrected chi connectivity index (χ2v) is 17.0.